The van der Waals surface area contributed by atoms with Crippen LogP contribution in [0.4, 0.5) is 4.39 Å². The van der Waals surface area contributed by atoms with Crippen molar-refractivity contribution in [1.29, 1.82) is 0 Å². The second-order valence-electron chi connectivity index (χ2n) is 5.54. The average Bonchev–Trinajstić information content (AvgIpc) is 2.43. The summed E-state index contributed by atoms with van der Waals surface area (Å²) in [5.41, 5.74) is 0.448. The van der Waals surface area contributed by atoms with Crippen LogP contribution in [-0.2, 0) is 9.59 Å². The third-order valence-electron chi connectivity index (χ3n) is 2.31. The minimum Gasteiger partial charge on any atom is -0.478 e. The van der Waals surface area contributed by atoms with Crippen molar-refractivity contribution >= 4 is 17.7 Å². The number of nitrogens with one attached hydrogen (secondary N) is 1. The van der Waals surface area contributed by atoms with E-state index >= 15 is 0 Å². The minimum absolute atomic E-state index is 0.0232. The van der Waals surface area contributed by atoms with Crippen molar-refractivity contribution in [2.24, 2.45) is 0 Å². The van der Waals surface area contributed by atoms with Gasteiger partial charge in [0.1, 0.15) is 5.82 Å². The minimum atomic E-state index is -1.26. The van der Waals surface area contributed by atoms with Gasteiger partial charge in [0.2, 0.25) is 0 Å². The van der Waals surface area contributed by atoms with Crippen LogP contribution in [-0.4, -0.2) is 40.0 Å². The summed E-state index contributed by atoms with van der Waals surface area (Å²) >= 11 is 0. The van der Waals surface area contributed by atoms with Crippen LogP contribution in [0.15, 0.2) is 36.4 Å². The molecule has 1 aromatic rings. The van der Waals surface area contributed by atoms with Gasteiger partial charge in [-0.2, -0.15) is 0 Å². The van der Waals surface area contributed by atoms with E-state index < -0.39 is 11.9 Å². The zero-order valence-corrected chi connectivity index (χ0v) is 13.2. The molecule has 126 valence electrons. The highest BCUT2D eigenvalue weighted by Gasteiger charge is 2.12. The lowest BCUT2D eigenvalue weighted by Gasteiger charge is -2.19. The highest BCUT2D eigenvalue weighted by atomic mass is 19.1. The molecule has 0 heterocycles. The number of hydrogen-bond donors (Lipinski definition) is 3. The quantitative estimate of drug-likeness (QED) is 0.566. The Balaban J connectivity index is 0.000000515. The summed E-state index contributed by atoms with van der Waals surface area (Å²) in [5, 5.41) is 18.7. The lowest BCUT2D eigenvalue weighted by Crippen LogP contribution is -2.39. The molecule has 1 rings (SSSR count). The summed E-state index contributed by atoms with van der Waals surface area (Å²) in [6, 6.07) is 5.60. The summed E-state index contributed by atoms with van der Waals surface area (Å²) in [6.45, 7) is 6.25. The Morgan fingerprint density at radius 3 is 1.83 bits per heavy atom. The van der Waals surface area contributed by atoms with Crippen molar-refractivity contribution in [3.8, 4) is 0 Å². The highest BCUT2D eigenvalue weighted by Crippen LogP contribution is 2.04. The predicted octanol–water partition coefficient (Wildman–Crippen LogP) is 2.11. The molecule has 0 atom stereocenters. The van der Waals surface area contributed by atoms with E-state index in [0.717, 1.165) is 0 Å². The number of Topliss-reactive ketones (excluding diaryl/α,β-unsaturated/α-hetero) is 1. The molecule has 0 saturated carbocycles. The van der Waals surface area contributed by atoms with Crippen LogP contribution in [0.3, 0.4) is 0 Å². The summed E-state index contributed by atoms with van der Waals surface area (Å²) in [5.74, 6) is -2.86. The van der Waals surface area contributed by atoms with Crippen LogP contribution >= 0.6 is 0 Å². The molecule has 0 unspecified atom stereocenters. The van der Waals surface area contributed by atoms with Gasteiger partial charge in [-0.25, -0.2) is 14.0 Å². The van der Waals surface area contributed by atoms with E-state index in [1.807, 2.05) is 20.8 Å². The molecular weight excluding hydrogens is 305 g/mol. The first-order valence-corrected chi connectivity index (χ1v) is 6.69. The predicted molar refractivity (Wildman–Crippen MR) is 82.9 cm³/mol. The van der Waals surface area contributed by atoms with Crippen LogP contribution < -0.4 is 5.32 Å². The van der Waals surface area contributed by atoms with Gasteiger partial charge in [0, 0.05) is 23.3 Å². The van der Waals surface area contributed by atoms with E-state index in [1.54, 1.807) is 0 Å². The number of ketones is 1. The second-order valence-corrected chi connectivity index (χ2v) is 5.54. The number of carboxylic acids is 2. The fraction of sp³-hybridized carbons (Fsp3) is 0.312. The molecule has 23 heavy (non-hydrogen) atoms. The molecule has 0 fully saturated rings. The Bertz CT molecular complexity index is 557. The van der Waals surface area contributed by atoms with Gasteiger partial charge in [-0.1, -0.05) is 0 Å². The Kier molecular flexibility index (Phi) is 8.43. The number of benzene rings is 1. The maximum absolute atomic E-state index is 12.6. The van der Waals surface area contributed by atoms with Gasteiger partial charge < -0.3 is 15.5 Å². The largest absolute Gasteiger partial charge is 0.478 e. The number of rotatable bonds is 5. The van der Waals surface area contributed by atoms with Gasteiger partial charge in [0.15, 0.2) is 5.78 Å². The fourth-order valence-corrected chi connectivity index (χ4v) is 1.23. The molecule has 7 heteroatoms. The normalized spacial score (nSPS) is 10.8. The fourth-order valence-electron chi connectivity index (χ4n) is 1.23. The van der Waals surface area contributed by atoms with Crippen LogP contribution in [0.25, 0.3) is 0 Å². The van der Waals surface area contributed by atoms with Crippen LogP contribution in [0, 0.1) is 5.82 Å². The maximum Gasteiger partial charge on any atom is 0.328 e. The lowest BCUT2D eigenvalue weighted by atomic mass is 10.1. The van der Waals surface area contributed by atoms with Gasteiger partial charge in [-0.3, -0.25) is 4.79 Å². The second kappa shape index (κ2) is 9.47. The number of hydrogen-bond acceptors (Lipinski definition) is 4. The molecule has 0 aromatic heterocycles. The Morgan fingerprint density at radius 2 is 1.48 bits per heavy atom. The number of aliphatic carboxylic acids is 2. The molecular formula is C16H20FNO5. The number of carbonyl (C=O) groups excluding carboxylic acids is 1. The first kappa shape index (κ1) is 20.5. The van der Waals surface area contributed by atoms with Crippen molar-refractivity contribution in [3.63, 3.8) is 0 Å². The molecule has 0 aliphatic heterocycles. The number of carboxylic acid groups (broad SMARTS) is 2. The Hall–Kier alpha value is -2.54. The van der Waals surface area contributed by atoms with E-state index in [4.69, 9.17) is 10.2 Å². The van der Waals surface area contributed by atoms with Gasteiger partial charge in [0.05, 0.1) is 6.54 Å². The van der Waals surface area contributed by atoms with Crippen LogP contribution in [0.5, 0.6) is 0 Å². The summed E-state index contributed by atoms with van der Waals surface area (Å²) in [6.07, 6.45) is 1.12. The SMILES string of the molecule is CC(C)(C)NCC(=O)c1ccc(F)cc1.O=C(O)/C=C\C(=O)O. The Morgan fingerprint density at radius 1 is 1.04 bits per heavy atom. The third-order valence-corrected chi connectivity index (χ3v) is 2.31. The molecule has 6 nitrogen and oxygen atoms in total. The van der Waals surface area contributed by atoms with Crippen molar-refractivity contribution in [1.82, 2.24) is 5.32 Å². The molecule has 0 aliphatic rings. The summed E-state index contributed by atoms with van der Waals surface area (Å²) in [4.78, 5) is 30.7. The zero-order chi connectivity index (χ0) is 18.0. The molecule has 0 aliphatic carbocycles. The smallest absolute Gasteiger partial charge is 0.328 e. The molecule has 0 saturated heterocycles. The molecule has 3 N–H and O–H groups in total. The van der Waals surface area contributed by atoms with Crippen LogP contribution in [0.2, 0.25) is 0 Å². The number of carbonyl (C=O) groups is 3. The molecule has 1 aromatic carbocycles. The zero-order valence-electron chi connectivity index (χ0n) is 13.2. The molecule has 0 radical (unpaired) electrons. The van der Waals surface area contributed by atoms with E-state index in [9.17, 15) is 18.8 Å². The monoisotopic (exact) mass is 325 g/mol. The van der Waals surface area contributed by atoms with Gasteiger partial charge in [-0.05, 0) is 45.0 Å². The van der Waals surface area contributed by atoms with Crippen molar-refractivity contribution in [3.05, 3.63) is 47.8 Å². The number of halogens is 1. The van der Waals surface area contributed by atoms with Gasteiger partial charge in [0.25, 0.3) is 0 Å². The lowest BCUT2D eigenvalue weighted by molar-refractivity contribution is -0.134. The first-order chi connectivity index (χ1) is 10.5. The van der Waals surface area contributed by atoms with E-state index in [-0.39, 0.29) is 23.7 Å². The maximum atomic E-state index is 12.6. The summed E-state index contributed by atoms with van der Waals surface area (Å²) in [7, 11) is 0. The van der Waals surface area contributed by atoms with E-state index in [1.165, 1.54) is 24.3 Å². The van der Waals surface area contributed by atoms with E-state index in [2.05, 4.69) is 5.32 Å². The first-order valence-electron chi connectivity index (χ1n) is 6.69. The van der Waals surface area contributed by atoms with Crippen LogP contribution in [0.1, 0.15) is 31.1 Å². The standard InChI is InChI=1S/C12H16FNO.C4H4O4/c1-12(2,3)14-8-11(15)9-4-6-10(13)7-5-9;5-3(6)1-2-4(7)8/h4-7,14H,8H2,1-3H3;1-2H,(H,5,6)(H,7,8)/b;2-1-. The van der Waals surface area contributed by atoms with Crippen molar-refractivity contribution in [2.75, 3.05) is 6.54 Å². The average molecular weight is 325 g/mol. The molecule has 0 amide bonds. The van der Waals surface area contributed by atoms with E-state index in [0.29, 0.717) is 17.7 Å². The third kappa shape index (κ3) is 11.8. The molecule has 0 bridgehead atoms. The van der Waals surface area contributed by atoms with Gasteiger partial charge >= 0.3 is 11.9 Å². The highest BCUT2D eigenvalue weighted by molar-refractivity contribution is 5.97. The summed E-state index contributed by atoms with van der Waals surface area (Å²) < 4.78 is 12.6. The topological polar surface area (TPSA) is 104 Å². The Labute approximate surface area is 133 Å². The van der Waals surface area contributed by atoms with Crippen molar-refractivity contribution < 1.29 is 29.0 Å². The molecule has 0 spiro atoms. The van der Waals surface area contributed by atoms with Crippen molar-refractivity contribution in [2.45, 2.75) is 26.3 Å². The van der Waals surface area contributed by atoms with Gasteiger partial charge in [-0.15, -0.1) is 0 Å².